The molecule has 6 nitrogen and oxygen atoms in total. The summed E-state index contributed by atoms with van der Waals surface area (Å²) in [4.78, 5) is 22.5. The van der Waals surface area contributed by atoms with Crippen LogP contribution >= 0.6 is 22.9 Å². The summed E-state index contributed by atoms with van der Waals surface area (Å²) in [6, 6.07) is 5.50. The molecule has 0 unspecified atom stereocenters. The van der Waals surface area contributed by atoms with Gasteiger partial charge in [-0.1, -0.05) is 11.6 Å². The van der Waals surface area contributed by atoms with Gasteiger partial charge in [0.2, 0.25) is 0 Å². The van der Waals surface area contributed by atoms with E-state index in [9.17, 15) is 20.0 Å². The highest BCUT2D eigenvalue weighted by atomic mass is 35.5. The highest BCUT2D eigenvalue weighted by molar-refractivity contribution is 7.08. The molecule has 0 aliphatic heterocycles. The molecule has 1 aromatic heterocycles. The number of nitrogens with zero attached hydrogens (tertiary/aromatic N) is 1. The van der Waals surface area contributed by atoms with Gasteiger partial charge < -0.3 is 10.4 Å². The van der Waals surface area contributed by atoms with Crippen LogP contribution in [-0.4, -0.2) is 22.5 Å². The van der Waals surface area contributed by atoms with Crippen LogP contribution in [0, 0.1) is 10.1 Å². The lowest BCUT2D eigenvalue weighted by atomic mass is 9.99. The summed E-state index contributed by atoms with van der Waals surface area (Å²) in [6.45, 7) is 1.48. The lowest BCUT2D eigenvalue weighted by molar-refractivity contribution is -0.385. The van der Waals surface area contributed by atoms with Crippen LogP contribution in [0.5, 0.6) is 0 Å². The number of thiophene rings is 1. The standard InChI is InChI=1S/C14H13ClN2O4S/c1-14(19,9-4-5-22-7-9)8-16-13(18)11-6-10(15)2-3-12(11)17(20)21/h2-7,19H,8H2,1H3,(H,16,18)/t14-/m0/s1. The Hall–Kier alpha value is -1.96. The summed E-state index contributed by atoms with van der Waals surface area (Å²) in [5, 5.41) is 27.6. The molecule has 0 aliphatic carbocycles. The normalized spacial score (nSPS) is 13.4. The van der Waals surface area contributed by atoms with E-state index in [4.69, 9.17) is 11.6 Å². The number of nitrogens with one attached hydrogen (secondary N) is 1. The van der Waals surface area contributed by atoms with Crippen LogP contribution in [0.25, 0.3) is 0 Å². The quantitative estimate of drug-likeness (QED) is 0.646. The van der Waals surface area contributed by atoms with Crippen LogP contribution < -0.4 is 5.32 Å². The molecule has 0 saturated heterocycles. The second-order valence-electron chi connectivity index (χ2n) is 4.89. The Balaban J connectivity index is 2.16. The van der Waals surface area contributed by atoms with Crippen molar-refractivity contribution in [2.45, 2.75) is 12.5 Å². The van der Waals surface area contributed by atoms with Crippen molar-refractivity contribution in [3.63, 3.8) is 0 Å². The van der Waals surface area contributed by atoms with Crippen molar-refractivity contribution in [3.05, 3.63) is 61.3 Å². The summed E-state index contributed by atoms with van der Waals surface area (Å²) in [6.07, 6.45) is 0. The van der Waals surface area contributed by atoms with Crippen molar-refractivity contribution in [2.24, 2.45) is 0 Å². The van der Waals surface area contributed by atoms with Crippen LogP contribution in [-0.2, 0) is 5.60 Å². The van der Waals surface area contributed by atoms with E-state index < -0.39 is 16.4 Å². The SMILES string of the molecule is C[C@](O)(CNC(=O)c1cc(Cl)ccc1[N+](=O)[O-])c1ccsc1. The molecule has 1 amide bonds. The minimum Gasteiger partial charge on any atom is -0.384 e. The second-order valence-corrected chi connectivity index (χ2v) is 6.10. The molecule has 116 valence electrons. The summed E-state index contributed by atoms with van der Waals surface area (Å²) < 4.78 is 0. The van der Waals surface area contributed by atoms with E-state index in [1.807, 2.05) is 5.38 Å². The second kappa shape index (κ2) is 6.43. The summed E-state index contributed by atoms with van der Waals surface area (Å²) >= 11 is 7.21. The zero-order valence-electron chi connectivity index (χ0n) is 11.6. The number of aliphatic hydroxyl groups is 1. The zero-order valence-corrected chi connectivity index (χ0v) is 13.1. The fourth-order valence-electron chi connectivity index (χ4n) is 1.87. The van der Waals surface area contributed by atoms with E-state index in [-0.39, 0.29) is 22.8 Å². The van der Waals surface area contributed by atoms with Crippen LogP contribution in [0.15, 0.2) is 35.0 Å². The number of carbonyl (C=O) groups excluding carboxylic acids is 1. The van der Waals surface area contributed by atoms with Gasteiger partial charge in [0.05, 0.1) is 11.5 Å². The molecule has 1 heterocycles. The number of nitro benzene ring substituents is 1. The van der Waals surface area contributed by atoms with Crippen molar-refractivity contribution in [3.8, 4) is 0 Å². The van der Waals surface area contributed by atoms with Crippen LogP contribution in [0.3, 0.4) is 0 Å². The first-order valence-electron chi connectivity index (χ1n) is 6.28. The minimum absolute atomic E-state index is 0.0771. The van der Waals surface area contributed by atoms with Gasteiger partial charge in [0.1, 0.15) is 11.2 Å². The van der Waals surface area contributed by atoms with Gasteiger partial charge >= 0.3 is 0 Å². The van der Waals surface area contributed by atoms with Crippen LogP contribution in [0.4, 0.5) is 5.69 Å². The third-order valence-corrected chi connectivity index (χ3v) is 4.05. The Bertz CT molecular complexity index is 701. The Morgan fingerprint density at radius 3 is 2.82 bits per heavy atom. The van der Waals surface area contributed by atoms with Gasteiger partial charge in [0.25, 0.3) is 11.6 Å². The molecule has 1 atom stereocenters. The highest BCUT2D eigenvalue weighted by Gasteiger charge is 2.26. The maximum Gasteiger partial charge on any atom is 0.282 e. The van der Waals surface area contributed by atoms with E-state index in [0.29, 0.717) is 5.56 Å². The van der Waals surface area contributed by atoms with Gasteiger partial charge in [-0.2, -0.15) is 11.3 Å². The Morgan fingerprint density at radius 2 is 2.23 bits per heavy atom. The van der Waals surface area contributed by atoms with Gasteiger partial charge in [0, 0.05) is 11.1 Å². The van der Waals surface area contributed by atoms with E-state index in [0.717, 1.165) is 0 Å². The molecule has 0 fully saturated rings. The molecule has 2 N–H and O–H groups in total. The molecule has 1 aromatic carbocycles. The number of carbonyl (C=O) groups is 1. The molecule has 22 heavy (non-hydrogen) atoms. The average molecular weight is 341 g/mol. The Morgan fingerprint density at radius 1 is 1.50 bits per heavy atom. The number of hydrogen-bond donors (Lipinski definition) is 2. The average Bonchev–Trinajstić information content (AvgIpc) is 2.99. The van der Waals surface area contributed by atoms with Crippen LogP contribution in [0.2, 0.25) is 5.02 Å². The van der Waals surface area contributed by atoms with E-state index in [1.54, 1.807) is 18.4 Å². The molecule has 0 spiro atoms. The van der Waals surface area contributed by atoms with Crippen LogP contribution in [0.1, 0.15) is 22.8 Å². The van der Waals surface area contributed by atoms with Gasteiger partial charge in [-0.05, 0) is 41.4 Å². The molecular weight excluding hydrogens is 328 g/mol. The summed E-state index contributed by atoms with van der Waals surface area (Å²) in [5.41, 5.74) is -1.07. The molecule has 8 heteroatoms. The molecule has 2 rings (SSSR count). The molecule has 0 radical (unpaired) electrons. The predicted molar refractivity (Wildman–Crippen MR) is 84.3 cm³/mol. The lowest BCUT2D eigenvalue weighted by Crippen LogP contribution is -2.38. The number of halogens is 1. The van der Waals surface area contributed by atoms with Crippen molar-refractivity contribution < 1.29 is 14.8 Å². The fourth-order valence-corrected chi connectivity index (χ4v) is 2.82. The first kappa shape index (κ1) is 16.4. The van der Waals surface area contributed by atoms with E-state index >= 15 is 0 Å². The van der Waals surface area contributed by atoms with Crippen molar-refractivity contribution in [1.82, 2.24) is 5.32 Å². The number of amides is 1. The maximum atomic E-state index is 12.2. The summed E-state index contributed by atoms with van der Waals surface area (Å²) in [5.74, 6) is -0.662. The Kier molecular flexibility index (Phi) is 4.80. The topological polar surface area (TPSA) is 92.5 Å². The minimum atomic E-state index is -1.26. The third-order valence-electron chi connectivity index (χ3n) is 3.14. The van der Waals surface area contributed by atoms with Crippen molar-refractivity contribution in [1.29, 1.82) is 0 Å². The molecule has 0 saturated carbocycles. The number of benzene rings is 1. The molecule has 0 aliphatic rings. The van der Waals surface area contributed by atoms with Gasteiger partial charge in [0.15, 0.2) is 0 Å². The number of rotatable bonds is 5. The maximum absolute atomic E-state index is 12.2. The third kappa shape index (κ3) is 3.62. The molecule has 2 aromatic rings. The van der Waals surface area contributed by atoms with Gasteiger partial charge in [-0.15, -0.1) is 0 Å². The van der Waals surface area contributed by atoms with Crippen molar-refractivity contribution >= 4 is 34.5 Å². The molecule has 0 bridgehead atoms. The summed E-state index contributed by atoms with van der Waals surface area (Å²) in [7, 11) is 0. The lowest BCUT2D eigenvalue weighted by Gasteiger charge is -2.22. The predicted octanol–water partition coefficient (Wildman–Crippen LogP) is 2.95. The fraction of sp³-hybridized carbons (Fsp3) is 0.214. The van der Waals surface area contributed by atoms with E-state index in [2.05, 4.69) is 5.32 Å². The first-order valence-corrected chi connectivity index (χ1v) is 7.60. The zero-order chi connectivity index (χ0) is 16.3. The Labute approximate surface area is 135 Å². The van der Waals surface area contributed by atoms with E-state index in [1.165, 1.54) is 29.5 Å². The largest absolute Gasteiger partial charge is 0.384 e. The highest BCUT2D eigenvalue weighted by Crippen LogP contribution is 2.24. The first-order chi connectivity index (χ1) is 10.3. The van der Waals surface area contributed by atoms with Gasteiger partial charge in [-0.25, -0.2) is 0 Å². The van der Waals surface area contributed by atoms with Crippen molar-refractivity contribution in [2.75, 3.05) is 6.54 Å². The molecular formula is C14H13ClN2O4S. The number of nitro groups is 1. The van der Waals surface area contributed by atoms with Gasteiger partial charge in [-0.3, -0.25) is 14.9 Å². The monoisotopic (exact) mass is 340 g/mol. The smallest absolute Gasteiger partial charge is 0.282 e. The number of hydrogen-bond acceptors (Lipinski definition) is 5.